The van der Waals surface area contributed by atoms with Crippen molar-refractivity contribution in [2.75, 3.05) is 13.1 Å². The van der Waals surface area contributed by atoms with Crippen molar-refractivity contribution >= 4 is 11.8 Å². The Hall–Kier alpha value is -3.81. The van der Waals surface area contributed by atoms with E-state index in [4.69, 9.17) is 4.74 Å². The standard InChI is InChI=1S/C26H23F3N2O3/c27-26(28,29)20-9-5-11-23(17-20)34-22-10-4-8-19(16-22)25(33)31-14-12-21(13-15-31)30-24(32)18-6-2-1-3-7-18/h1-11,16-17,21H,12-15H2,(H,30,32). The molecule has 3 aromatic rings. The minimum absolute atomic E-state index is 0.0210. The van der Waals surface area contributed by atoms with Gasteiger partial charge in [0.25, 0.3) is 11.8 Å². The Morgan fingerprint density at radius 2 is 1.44 bits per heavy atom. The van der Waals surface area contributed by atoms with Crippen molar-refractivity contribution in [2.24, 2.45) is 0 Å². The molecule has 0 saturated carbocycles. The zero-order valence-electron chi connectivity index (χ0n) is 18.2. The molecule has 1 saturated heterocycles. The van der Waals surface area contributed by atoms with E-state index in [1.807, 2.05) is 6.07 Å². The summed E-state index contributed by atoms with van der Waals surface area (Å²) in [7, 11) is 0. The molecule has 0 spiro atoms. The lowest BCUT2D eigenvalue weighted by Gasteiger charge is -2.32. The Balaban J connectivity index is 1.35. The highest BCUT2D eigenvalue weighted by Gasteiger charge is 2.30. The van der Waals surface area contributed by atoms with Gasteiger partial charge in [-0.25, -0.2) is 0 Å². The second-order valence-corrected chi connectivity index (χ2v) is 8.06. The molecule has 3 aromatic carbocycles. The molecule has 2 amide bonds. The van der Waals surface area contributed by atoms with Crippen LogP contribution in [0.5, 0.6) is 11.5 Å². The third kappa shape index (κ3) is 5.75. The summed E-state index contributed by atoms with van der Waals surface area (Å²) in [6.45, 7) is 0.967. The van der Waals surface area contributed by atoms with E-state index in [-0.39, 0.29) is 29.4 Å². The number of hydrogen-bond acceptors (Lipinski definition) is 3. The average Bonchev–Trinajstić information content (AvgIpc) is 2.84. The fourth-order valence-corrected chi connectivity index (χ4v) is 3.83. The minimum Gasteiger partial charge on any atom is -0.457 e. The van der Waals surface area contributed by atoms with E-state index in [0.717, 1.165) is 12.1 Å². The Labute approximate surface area is 195 Å². The zero-order valence-corrected chi connectivity index (χ0v) is 18.2. The van der Waals surface area contributed by atoms with Gasteiger partial charge < -0.3 is 15.0 Å². The number of ether oxygens (including phenoxy) is 1. The molecule has 5 nitrogen and oxygen atoms in total. The molecule has 0 atom stereocenters. The second kappa shape index (κ2) is 9.99. The molecule has 1 fully saturated rings. The maximum absolute atomic E-state index is 13.0. The van der Waals surface area contributed by atoms with E-state index in [2.05, 4.69) is 5.32 Å². The predicted molar refractivity (Wildman–Crippen MR) is 121 cm³/mol. The third-order valence-electron chi connectivity index (χ3n) is 5.63. The van der Waals surface area contributed by atoms with Gasteiger partial charge in [-0.3, -0.25) is 9.59 Å². The molecule has 176 valence electrons. The molecular formula is C26H23F3N2O3. The first-order valence-corrected chi connectivity index (χ1v) is 10.9. The quantitative estimate of drug-likeness (QED) is 0.536. The van der Waals surface area contributed by atoms with Gasteiger partial charge in [0.2, 0.25) is 0 Å². The van der Waals surface area contributed by atoms with Crippen LogP contribution in [0.15, 0.2) is 78.9 Å². The highest BCUT2D eigenvalue weighted by Crippen LogP contribution is 2.33. The van der Waals surface area contributed by atoms with Gasteiger partial charge >= 0.3 is 6.18 Å². The van der Waals surface area contributed by atoms with Crippen molar-refractivity contribution in [3.8, 4) is 11.5 Å². The van der Waals surface area contributed by atoms with E-state index in [0.29, 0.717) is 37.1 Å². The number of carbonyl (C=O) groups is 2. The number of halogens is 3. The second-order valence-electron chi connectivity index (χ2n) is 8.06. The van der Waals surface area contributed by atoms with Crippen LogP contribution in [0.2, 0.25) is 0 Å². The Morgan fingerprint density at radius 1 is 0.824 bits per heavy atom. The summed E-state index contributed by atoms with van der Waals surface area (Å²) < 4.78 is 44.4. The summed E-state index contributed by atoms with van der Waals surface area (Å²) in [4.78, 5) is 27.0. The molecule has 8 heteroatoms. The van der Waals surface area contributed by atoms with Gasteiger partial charge in [0.1, 0.15) is 11.5 Å². The van der Waals surface area contributed by atoms with E-state index < -0.39 is 11.7 Å². The number of piperidine rings is 1. The lowest BCUT2D eigenvalue weighted by Crippen LogP contribution is -2.46. The molecule has 0 unspecified atom stereocenters. The molecule has 1 N–H and O–H groups in total. The fourth-order valence-electron chi connectivity index (χ4n) is 3.83. The Kier molecular flexibility index (Phi) is 6.86. The highest BCUT2D eigenvalue weighted by atomic mass is 19.4. The van der Waals surface area contributed by atoms with Gasteiger partial charge in [0, 0.05) is 30.3 Å². The molecular weight excluding hydrogens is 445 g/mol. The van der Waals surface area contributed by atoms with Crippen molar-refractivity contribution in [3.63, 3.8) is 0 Å². The van der Waals surface area contributed by atoms with Gasteiger partial charge in [-0.15, -0.1) is 0 Å². The van der Waals surface area contributed by atoms with E-state index in [1.54, 1.807) is 47.4 Å². The summed E-state index contributed by atoms with van der Waals surface area (Å²) in [6.07, 6.45) is -3.21. The third-order valence-corrected chi connectivity index (χ3v) is 5.63. The van der Waals surface area contributed by atoms with Gasteiger partial charge in [-0.05, 0) is 61.4 Å². The number of nitrogens with zero attached hydrogens (tertiary/aromatic N) is 1. The largest absolute Gasteiger partial charge is 0.457 e. The van der Waals surface area contributed by atoms with Gasteiger partial charge in [0.15, 0.2) is 0 Å². The van der Waals surface area contributed by atoms with Crippen LogP contribution in [0.3, 0.4) is 0 Å². The SMILES string of the molecule is O=C(NC1CCN(C(=O)c2cccc(Oc3cccc(C(F)(F)F)c3)c2)CC1)c1ccccc1. The first-order valence-electron chi connectivity index (χ1n) is 10.9. The van der Waals surface area contributed by atoms with Crippen molar-refractivity contribution in [2.45, 2.75) is 25.1 Å². The molecule has 0 bridgehead atoms. The molecule has 0 radical (unpaired) electrons. The predicted octanol–water partition coefficient (Wildman–Crippen LogP) is 5.53. The highest BCUT2D eigenvalue weighted by molar-refractivity contribution is 5.95. The lowest BCUT2D eigenvalue weighted by molar-refractivity contribution is -0.137. The molecule has 4 rings (SSSR count). The van der Waals surface area contributed by atoms with Crippen LogP contribution in [0.25, 0.3) is 0 Å². The number of alkyl halides is 3. The van der Waals surface area contributed by atoms with Gasteiger partial charge in [-0.1, -0.05) is 30.3 Å². The van der Waals surface area contributed by atoms with Crippen molar-refractivity contribution in [3.05, 3.63) is 95.6 Å². The number of carbonyl (C=O) groups excluding carboxylic acids is 2. The maximum Gasteiger partial charge on any atom is 0.416 e. The number of nitrogens with one attached hydrogen (secondary N) is 1. The van der Waals surface area contributed by atoms with E-state index in [1.165, 1.54) is 18.2 Å². The number of benzene rings is 3. The topological polar surface area (TPSA) is 58.6 Å². The van der Waals surface area contributed by atoms with Crippen LogP contribution in [-0.4, -0.2) is 35.8 Å². The zero-order chi connectivity index (χ0) is 24.1. The lowest BCUT2D eigenvalue weighted by atomic mass is 10.0. The average molecular weight is 468 g/mol. The summed E-state index contributed by atoms with van der Waals surface area (Å²) in [5.41, 5.74) is 0.175. The fraction of sp³-hybridized carbons (Fsp3) is 0.231. The van der Waals surface area contributed by atoms with Crippen LogP contribution in [0.4, 0.5) is 13.2 Å². The van der Waals surface area contributed by atoms with E-state index in [9.17, 15) is 22.8 Å². The van der Waals surface area contributed by atoms with Crippen molar-refractivity contribution in [1.82, 2.24) is 10.2 Å². The van der Waals surface area contributed by atoms with Crippen LogP contribution in [0, 0.1) is 0 Å². The molecule has 0 aliphatic carbocycles. The van der Waals surface area contributed by atoms with Crippen molar-refractivity contribution < 1.29 is 27.5 Å². The van der Waals surface area contributed by atoms with Gasteiger partial charge in [0.05, 0.1) is 5.56 Å². The minimum atomic E-state index is -4.47. The normalized spacial score (nSPS) is 14.5. The van der Waals surface area contributed by atoms with Crippen LogP contribution in [0.1, 0.15) is 39.1 Å². The van der Waals surface area contributed by atoms with Crippen LogP contribution >= 0.6 is 0 Å². The van der Waals surface area contributed by atoms with Gasteiger partial charge in [-0.2, -0.15) is 13.2 Å². The van der Waals surface area contributed by atoms with Crippen molar-refractivity contribution in [1.29, 1.82) is 0 Å². The summed E-state index contributed by atoms with van der Waals surface area (Å²) in [5.74, 6) is -0.0169. The molecule has 34 heavy (non-hydrogen) atoms. The Morgan fingerprint density at radius 3 is 2.12 bits per heavy atom. The smallest absolute Gasteiger partial charge is 0.416 e. The van der Waals surface area contributed by atoms with E-state index >= 15 is 0 Å². The monoisotopic (exact) mass is 468 g/mol. The molecule has 1 aliphatic heterocycles. The van der Waals surface area contributed by atoms with Crippen LogP contribution < -0.4 is 10.1 Å². The molecule has 0 aromatic heterocycles. The first-order chi connectivity index (χ1) is 16.3. The summed E-state index contributed by atoms with van der Waals surface area (Å²) in [6, 6.07) is 19.9. The number of likely N-dealkylation sites (tertiary alicyclic amines) is 1. The first kappa shape index (κ1) is 23.4. The number of rotatable bonds is 5. The Bertz CT molecular complexity index is 1160. The van der Waals surface area contributed by atoms with Crippen LogP contribution in [-0.2, 0) is 6.18 Å². The number of hydrogen-bond donors (Lipinski definition) is 1. The molecule has 1 aliphatic rings. The number of amides is 2. The maximum atomic E-state index is 13.0. The summed E-state index contributed by atoms with van der Waals surface area (Å²) >= 11 is 0. The molecule has 1 heterocycles. The summed E-state index contributed by atoms with van der Waals surface area (Å²) in [5, 5.41) is 3.01.